The predicted octanol–water partition coefficient (Wildman–Crippen LogP) is 3.10. The largest absolute Gasteiger partial charge is 0.482 e. The first-order valence-electron chi connectivity index (χ1n) is 8.90. The molecule has 2 amide bonds. The molecule has 2 heterocycles. The maximum Gasteiger partial charge on any atom is 0.291 e. The molecule has 0 radical (unpaired) electrons. The van der Waals surface area contributed by atoms with Gasteiger partial charge < -0.3 is 19.4 Å². The number of rotatable bonds is 3. The monoisotopic (exact) mass is 378 g/mol. The Balaban J connectivity index is 1.67. The normalized spacial score (nSPS) is 13.2. The van der Waals surface area contributed by atoms with E-state index in [0.29, 0.717) is 34.6 Å². The second-order valence-corrected chi connectivity index (χ2v) is 6.49. The number of benzene rings is 2. The molecular formula is C21H18N2O5. The number of carbonyl (C=O) groups excluding carboxylic acids is 2. The summed E-state index contributed by atoms with van der Waals surface area (Å²) < 4.78 is 11.1. The molecule has 4 rings (SSSR count). The van der Waals surface area contributed by atoms with Crippen LogP contribution in [0.3, 0.4) is 0 Å². The van der Waals surface area contributed by atoms with Crippen molar-refractivity contribution in [1.29, 1.82) is 0 Å². The second-order valence-electron chi connectivity index (χ2n) is 6.49. The highest BCUT2D eigenvalue weighted by atomic mass is 16.5. The topological polar surface area (TPSA) is 88.9 Å². The van der Waals surface area contributed by atoms with Crippen molar-refractivity contribution in [3.8, 4) is 5.75 Å². The Bertz CT molecular complexity index is 1170. The van der Waals surface area contributed by atoms with Crippen LogP contribution >= 0.6 is 0 Å². The fourth-order valence-electron chi connectivity index (χ4n) is 3.25. The SMILES string of the molecule is CCN1C(=O)COc2ccc(NC(=O)c3cc(=O)c4cccc(C)c4o3)cc21. The molecule has 0 saturated carbocycles. The van der Waals surface area contributed by atoms with Crippen LogP contribution in [0.2, 0.25) is 0 Å². The molecule has 0 saturated heterocycles. The van der Waals surface area contributed by atoms with Gasteiger partial charge in [0.05, 0.1) is 11.1 Å². The summed E-state index contributed by atoms with van der Waals surface area (Å²) in [5, 5.41) is 3.14. The van der Waals surface area contributed by atoms with E-state index in [2.05, 4.69) is 5.32 Å². The van der Waals surface area contributed by atoms with Gasteiger partial charge in [0.1, 0.15) is 11.3 Å². The van der Waals surface area contributed by atoms with Gasteiger partial charge in [-0.1, -0.05) is 12.1 Å². The van der Waals surface area contributed by atoms with Gasteiger partial charge in [-0.2, -0.15) is 0 Å². The van der Waals surface area contributed by atoms with Crippen LogP contribution in [0.25, 0.3) is 11.0 Å². The van der Waals surface area contributed by atoms with Crippen molar-refractivity contribution in [2.24, 2.45) is 0 Å². The molecule has 7 heteroatoms. The van der Waals surface area contributed by atoms with Crippen LogP contribution in [0.15, 0.2) is 51.7 Å². The fourth-order valence-corrected chi connectivity index (χ4v) is 3.25. The van der Waals surface area contributed by atoms with Gasteiger partial charge in [0.25, 0.3) is 11.8 Å². The Labute approximate surface area is 160 Å². The number of aryl methyl sites for hydroxylation is 1. The molecule has 1 N–H and O–H groups in total. The third-order valence-corrected chi connectivity index (χ3v) is 4.65. The molecule has 0 atom stereocenters. The quantitative estimate of drug-likeness (QED) is 0.757. The smallest absolute Gasteiger partial charge is 0.291 e. The summed E-state index contributed by atoms with van der Waals surface area (Å²) in [7, 11) is 0. The molecule has 3 aromatic rings. The zero-order valence-electron chi connectivity index (χ0n) is 15.4. The minimum atomic E-state index is -0.548. The van der Waals surface area contributed by atoms with Gasteiger partial charge in [-0.3, -0.25) is 14.4 Å². The summed E-state index contributed by atoms with van der Waals surface area (Å²) in [5.41, 5.74) is 1.94. The minimum absolute atomic E-state index is 0.00581. The van der Waals surface area contributed by atoms with E-state index in [1.165, 1.54) is 6.07 Å². The molecule has 2 aromatic carbocycles. The first-order chi connectivity index (χ1) is 13.5. The van der Waals surface area contributed by atoms with Crippen molar-refractivity contribution in [3.05, 3.63) is 64.0 Å². The molecule has 7 nitrogen and oxygen atoms in total. The van der Waals surface area contributed by atoms with Gasteiger partial charge in [-0.25, -0.2) is 0 Å². The Kier molecular flexibility index (Phi) is 4.35. The molecule has 1 aromatic heterocycles. The highest BCUT2D eigenvalue weighted by molar-refractivity contribution is 6.04. The van der Waals surface area contributed by atoms with Crippen LogP contribution in [0.4, 0.5) is 11.4 Å². The summed E-state index contributed by atoms with van der Waals surface area (Å²) in [6, 6.07) is 11.5. The van der Waals surface area contributed by atoms with E-state index >= 15 is 0 Å². The van der Waals surface area contributed by atoms with E-state index < -0.39 is 5.91 Å². The predicted molar refractivity (Wildman–Crippen MR) is 105 cm³/mol. The molecule has 0 spiro atoms. The number of hydrogen-bond donors (Lipinski definition) is 1. The van der Waals surface area contributed by atoms with E-state index in [9.17, 15) is 14.4 Å². The number of carbonyl (C=O) groups is 2. The first kappa shape index (κ1) is 17.8. The van der Waals surface area contributed by atoms with Crippen molar-refractivity contribution in [2.45, 2.75) is 13.8 Å². The van der Waals surface area contributed by atoms with Crippen molar-refractivity contribution in [3.63, 3.8) is 0 Å². The third-order valence-electron chi connectivity index (χ3n) is 4.65. The number of ether oxygens (including phenoxy) is 1. The van der Waals surface area contributed by atoms with E-state index in [-0.39, 0.29) is 23.7 Å². The van der Waals surface area contributed by atoms with Crippen LogP contribution in [0.5, 0.6) is 5.75 Å². The first-order valence-corrected chi connectivity index (χ1v) is 8.90. The van der Waals surface area contributed by atoms with Gasteiger partial charge in [0.2, 0.25) is 0 Å². The molecule has 0 unspecified atom stereocenters. The second kappa shape index (κ2) is 6.84. The highest BCUT2D eigenvalue weighted by Crippen LogP contribution is 2.34. The Morgan fingerprint density at radius 3 is 2.79 bits per heavy atom. The number of hydrogen-bond acceptors (Lipinski definition) is 5. The number of likely N-dealkylation sites (N-methyl/N-ethyl adjacent to an activating group) is 1. The van der Waals surface area contributed by atoms with Gasteiger partial charge in [-0.05, 0) is 43.7 Å². The van der Waals surface area contributed by atoms with Crippen molar-refractivity contribution in [2.75, 3.05) is 23.4 Å². The molecule has 0 fully saturated rings. The van der Waals surface area contributed by atoms with Gasteiger partial charge in [-0.15, -0.1) is 0 Å². The number of amides is 2. The lowest BCUT2D eigenvalue weighted by Gasteiger charge is -2.28. The van der Waals surface area contributed by atoms with Crippen LogP contribution in [-0.2, 0) is 4.79 Å². The van der Waals surface area contributed by atoms with Gasteiger partial charge >= 0.3 is 0 Å². The third kappa shape index (κ3) is 3.00. The molecule has 0 aliphatic carbocycles. The van der Waals surface area contributed by atoms with Crippen molar-refractivity contribution < 1.29 is 18.7 Å². The van der Waals surface area contributed by atoms with Crippen molar-refractivity contribution >= 4 is 34.2 Å². The number of anilines is 2. The van der Waals surface area contributed by atoms with E-state index in [1.807, 2.05) is 19.9 Å². The van der Waals surface area contributed by atoms with Crippen LogP contribution in [-0.4, -0.2) is 25.0 Å². The fraction of sp³-hybridized carbons (Fsp3) is 0.190. The van der Waals surface area contributed by atoms with Crippen molar-refractivity contribution in [1.82, 2.24) is 0 Å². The lowest BCUT2D eigenvalue weighted by molar-refractivity contribution is -0.121. The molecule has 142 valence electrons. The van der Waals surface area contributed by atoms with Gasteiger partial charge in [0, 0.05) is 18.3 Å². The number of fused-ring (bicyclic) bond motifs is 2. The maximum atomic E-state index is 12.6. The summed E-state index contributed by atoms with van der Waals surface area (Å²) in [6.45, 7) is 4.16. The molecule has 28 heavy (non-hydrogen) atoms. The summed E-state index contributed by atoms with van der Waals surface area (Å²) >= 11 is 0. The average Bonchev–Trinajstić information content (AvgIpc) is 2.68. The average molecular weight is 378 g/mol. The Morgan fingerprint density at radius 1 is 1.18 bits per heavy atom. The number of para-hydroxylation sites is 1. The molecular weight excluding hydrogens is 360 g/mol. The lowest BCUT2D eigenvalue weighted by Crippen LogP contribution is -2.38. The number of nitrogens with zero attached hydrogens (tertiary/aromatic N) is 1. The van der Waals surface area contributed by atoms with Gasteiger partial charge in [0.15, 0.2) is 17.8 Å². The Morgan fingerprint density at radius 2 is 2.00 bits per heavy atom. The van der Waals surface area contributed by atoms with Crippen LogP contribution < -0.4 is 20.4 Å². The van der Waals surface area contributed by atoms with E-state index in [4.69, 9.17) is 9.15 Å². The summed E-state index contributed by atoms with van der Waals surface area (Å²) in [6.07, 6.45) is 0. The molecule has 0 bridgehead atoms. The summed E-state index contributed by atoms with van der Waals surface area (Å²) in [4.78, 5) is 38.6. The maximum absolute atomic E-state index is 12.6. The Hall–Kier alpha value is -3.61. The molecule has 1 aliphatic heterocycles. The number of nitrogens with one attached hydrogen (secondary N) is 1. The minimum Gasteiger partial charge on any atom is -0.482 e. The lowest BCUT2D eigenvalue weighted by atomic mass is 10.1. The zero-order chi connectivity index (χ0) is 19.8. The summed E-state index contributed by atoms with van der Waals surface area (Å²) in [5.74, 6) is -0.195. The molecule has 1 aliphatic rings. The highest BCUT2D eigenvalue weighted by Gasteiger charge is 2.25. The van der Waals surface area contributed by atoms with E-state index in [0.717, 1.165) is 5.56 Å². The van der Waals surface area contributed by atoms with Crippen LogP contribution in [0.1, 0.15) is 23.0 Å². The standard InChI is InChI=1S/C21H18N2O5/c1-3-23-15-9-13(7-8-17(15)27-11-19(23)25)22-21(26)18-10-16(24)14-6-4-5-12(2)20(14)28-18/h4-10H,3,11H2,1-2H3,(H,22,26). The van der Waals surface area contributed by atoms with Crippen LogP contribution in [0, 0.1) is 6.92 Å². The zero-order valence-corrected chi connectivity index (χ0v) is 15.4. The van der Waals surface area contributed by atoms with E-state index in [1.54, 1.807) is 35.2 Å².